The van der Waals surface area contributed by atoms with E-state index in [1.807, 2.05) is 0 Å². The molecule has 3 fully saturated rings. The number of nitrogens with zero attached hydrogens (tertiary/aromatic N) is 1. The number of fused-ring (bicyclic) bond motifs is 9. The Bertz CT molecular complexity index is 1860. The first kappa shape index (κ1) is 31.0. The number of nitrogens with one attached hydrogen (secondary N) is 2. The van der Waals surface area contributed by atoms with E-state index in [9.17, 15) is 42.3 Å². The van der Waals surface area contributed by atoms with E-state index in [0.29, 0.717) is 26.4 Å². The van der Waals surface area contributed by atoms with Crippen LogP contribution in [0.15, 0.2) is 56.8 Å². The number of H-pyrrole nitrogens is 1. The zero-order chi connectivity index (χ0) is 32.7. The highest BCUT2D eigenvalue weighted by Gasteiger charge is 2.69. The summed E-state index contributed by atoms with van der Waals surface area (Å²) in [6.07, 6.45) is -4.10. The van der Waals surface area contributed by atoms with Gasteiger partial charge in [-0.25, -0.2) is 0 Å². The van der Waals surface area contributed by atoms with E-state index in [0.717, 1.165) is 28.4 Å². The van der Waals surface area contributed by atoms with E-state index >= 15 is 0 Å². The zero-order valence-electron chi connectivity index (χ0n) is 23.4. The summed E-state index contributed by atoms with van der Waals surface area (Å²) in [5.74, 6) is -5.36. The van der Waals surface area contributed by atoms with Crippen molar-refractivity contribution >= 4 is 68.4 Å². The number of carbonyl (C=O) groups excluding carboxylic acids is 3. The van der Waals surface area contributed by atoms with Crippen LogP contribution in [0.2, 0.25) is 0 Å². The standard InChI is InChI=1S/C30H23BrF3N3O7S2/c31-11-5-6-17(44-10-18(38)35-16-4-2-1-3-15(16)30(32,33)34)12(7-11)20-21-13-8-14(24(21)45-26-25(20)46-29(43)36-26)23-22(13)27(41)37(28(23)42)9-19(39)40/h1-7,13-14,20-24H,8-10H2,(H,35,38)(H,36,43)(H,39,40)/t13?,14?,20-,21?,22?,23?,24?/m1/s1. The summed E-state index contributed by atoms with van der Waals surface area (Å²) in [6.45, 7) is -1.31. The summed E-state index contributed by atoms with van der Waals surface area (Å²) in [7, 11) is 0. The normalized spacial score (nSPS) is 27.7. The predicted molar refractivity (Wildman–Crippen MR) is 163 cm³/mol. The van der Waals surface area contributed by atoms with Gasteiger partial charge in [0.15, 0.2) is 6.61 Å². The number of carboxylic acid groups (broad SMARTS) is 1. The molecule has 1 aromatic heterocycles. The molecule has 2 aromatic carbocycles. The van der Waals surface area contributed by atoms with Crippen molar-refractivity contribution in [1.82, 2.24) is 9.88 Å². The molecule has 3 N–H and O–H groups in total. The molecule has 7 atom stereocenters. The van der Waals surface area contributed by atoms with Crippen LogP contribution >= 0.6 is 39.0 Å². The Morgan fingerprint density at radius 2 is 1.80 bits per heavy atom. The number of alkyl halides is 3. The van der Waals surface area contributed by atoms with Crippen LogP contribution in [0.1, 0.15) is 28.3 Å². The minimum atomic E-state index is -4.68. The van der Waals surface area contributed by atoms with Crippen molar-refractivity contribution in [2.75, 3.05) is 18.5 Å². The van der Waals surface area contributed by atoms with Crippen molar-refractivity contribution in [3.8, 4) is 5.75 Å². The number of halogens is 4. The second-order valence-electron chi connectivity index (χ2n) is 11.7. The molecule has 16 heteroatoms. The number of carbonyl (C=O) groups is 4. The minimum Gasteiger partial charge on any atom is -0.483 e. The van der Waals surface area contributed by atoms with E-state index in [4.69, 9.17) is 4.74 Å². The number of rotatable bonds is 7. The van der Waals surface area contributed by atoms with E-state index in [2.05, 4.69) is 26.2 Å². The van der Waals surface area contributed by atoms with Gasteiger partial charge in [-0.3, -0.25) is 28.9 Å². The molecule has 3 heterocycles. The van der Waals surface area contributed by atoms with Crippen molar-refractivity contribution < 1.29 is 42.2 Å². The second kappa shape index (κ2) is 11.3. The first-order valence-electron chi connectivity index (χ1n) is 14.2. The number of thioether (sulfide) groups is 1. The molecule has 3 amide bonds. The van der Waals surface area contributed by atoms with Crippen LogP contribution in [0.5, 0.6) is 5.75 Å². The van der Waals surface area contributed by atoms with Crippen LogP contribution in [0.25, 0.3) is 0 Å². The Balaban J connectivity index is 1.22. The highest BCUT2D eigenvalue weighted by atomic mass is 79.9. The third kappa shape index (κ3) is 5.04. The molecule has 0 spiro atoms. The molecule has 1 saturated heterocycles. The number of anilines is 1. The maximum absolute atomic E-state index is 13.5. The number of thiazole rings is 1. The number of likely N-dealkylation sites (tertiary alicyclic amines) is 1. The Morgan fingerprint density at radius 3 is 2.52 bits per heavy atom. The van der Waals surface area contributed by atoms with Crippen LogP contribution in [-0.4, -0.2) is 57.1 Å². The average molecular weight is 739 g/mol. The quantitative estimate of drug-likeness (QED) is 0.294. The number of amides is 3. The summed E-state index contributed by atoms with van der Waals surface area (Å²) < 4.78 is 47.0. The molecule has 7 rings (SSSR count). The fourth-order valence-corrected chi connectivity index (χ4v) is 11.0. The van der Waals surface area contributed by atoms with Gasteiger partial charge in [-0.05, 0) is 54.5 Å². The number of hydrogen-bond donors (Lipinski definition) is 3. The molecule has 4 aliphatic rings. The maximum atomic E-state index is 13.5. The van der Waals surface area contributed by atoms with Crippen LogP contribution in [-0.2, 0) is 25.4 Å². The number of imide groups is 1. The van der Waals surface area contributed by atoms with E-state index in [1.165, 1.54) is 23.9 Å². The summed E-state index contributed by atoms with van der Waals surface area (Å²) in [5.41, 5.74) is -0.796. The number of para-hydroxylation sites is 1. The Hall–Kier alpha value is -3.63. The summed E-state index contributed by atoms with van der Waals surface area (Å²) in [4.78, 5) is 67.8. The topological polar surface area (TPSA) is 146 Å². The minimum absolute atomic E-state index is 0.176. The highest BCUT2D eigenvalue weighted by molar-refractivity contribution is 9.10. The molecule has 240 valence electrons. The fourth-order valence-electron chi connectivity index (χ4n) is 7.78. The number of carboxylic acids is 1. The Labute approximate surface area is 274 Å². The number of aromatic nitrogens is 1. The second-order valence-corrected chi connectivity index (χ2v) is 14.8. The summed E-state index contributed by atoms with van der Waals surface area (Å²) in [6, 6.07) is 9.71. The highest BCUT2D eigenvalue weighted by Crippen LogP contribution is 2.69. The molecule has 10 nitrogen and oxygen atoms in total. The largest absolute Gasteiger partial charge is 0.483 e. The molecule has 2 saturated carbocycles. The number of hydrogen-bond acceptors (Lipinski definition) is 8. The first-order valence-corrected chi connectivity index (χ1v) is 16.7. The molecule has 2 aliphatic heterocycles. The van der Waals surface area contributed by atoms with E-state index in [-0.39, 0.29) is 33.6 Å². The van der Waals surface area contributed by atoms with Gasteiger partial charge in [-0.2, -0.15) is 13.2 Å². The lowest BCUT2D eigenvalue weighted by Crippen LogP contribution is -2.42. The molecule has 2 aliphatic carbocycles. The van der Waals surface area contributed by atoms with Crippen LogP contribution in [0, 0.1) is 29.6 Å². The van der Waals surface area contributed by atoms with Crippen molar-refractivity contribution in [1.29, 1.82) is 0 Å². The third-order valence-electron chi connectivity index (χ3n) is 9.28. The van der Waals surface area contributed by atoms with E-state index in [1.54, 1.807) is 18.2 Å². The van der Waals surface area contributed by atoms with Gasteiger partial charge in [0.25, 0.3) is 5.91 Å². The maximum Gasteiger partial charge on any atom is 0.418 e. The number of aliphatic carboxylic acids is 1. The monoisotopic (exact) mass is 737 g/mol. The molecule has 46 heavy (non-hydrogen) atoms. The first-order chi connectivity index (χ1) is 21.8. The van der Waals surface area contributed by atoms with Gasteiger partial charge in [0.05, 0.1) is 28.1 Å². The number of aromatic amines is 1. The molecule has 3 aromatic rings. The number of ether oxygens (including phenoxy) is 1. The van der Waals surface area contributed by atoms with Crippen molar-refractivity contribution in [3.05, 3.63) is 72.6 Å². The third-order valence-corrected chi connectivity index (χ3v) is 12.4. The zero-order valence-corrected chi connectivity index (χ0v) is 26.6. The molecule has 6 unspecified atom stereocenters. The van der Waals surface area contributed by atoms with Gasteiger partial charge >= 0.3 is 17.0 Å². The Morgan fingerprint density at radius 1 is 1.09 bits per heavy atom. The van der Waals surface area contributed by atoms with Gasteiger partial charge in [0, 0.05) is 26.1 Å². The average Bonchev–Trinajstić information content (AvgIpc) is 3.72. The molecular formula is C30H23BrF3N3O7S2. The van der Waals surface area contributed by atoms with Crippen molar-refractivity contribution in [2.45, 2.75) is 28.8 Å². The lowest BCUT2D eigenvalue weighted by molar-refractivity contribution is -0.149. The smallest absolute Gasteiger partial charge is 0.418 e. The van der Waals surface area contributed by atoms with Crippen molar-refractivity contribution in [2.24, 2.45) is 29.6 Å². The molecule has 0 radical (unpaired) electrons. The summed E-state index contributed by atoms with van der Waals surface area (Å²) >= 11 is 5.97. The van der Waals surface area contributed by atoms with Gasteiger partial charge in [0.1, 0.15) is 12.3 Å². The van der Waals surface area contributed by atoms with Crippen LogP contribution in [0.3, 0.4) is 0 Å². The number of benzene rings is 2. The fraction of sp³-hybridized carbons (Fsp3) is 0.367. The summed E-state index contributed by atoms with van der Waals surface area (Å²) in [5, 5.41) is 12.1. The van der Waals surface area contributed by atoms with Gasteiger partial charge in [0.2, 0.25) is 11.8 Å². The SMILES string of the molecule is O=C(O)CN1C(=O)C2C3CC(C2C1=O)C1C3Sc2[nH]c(=O)sc2[C@@H]1c1cc(Br)ccc1OCC(=O)Nc1ccccc1C(F)(F)F. The van der Waals surface area contributed by atoms with Crippen molar-refractivity contribution in [3.63, 3.8) is 0 Å². The predicted octanol–water partition coefficient (Wildman–Crippen LogP) is 4.79. The molecular weight excluding hydrogens is 715 g/mol. The van der Waals surface area contributed by atoms with E-state index < -0.39 is 72.0 Å². The Kier molecular flexibility index (Phi) is 7.59. The van der Waals surface area contributed by atoms with Crippen LogP contribution in [0.4, 0.5) is 18.9 Å². The van der Waals surface area contributed by atoms with Crippen LogP contribution < -0.4 is 14.9 Å². The molecule has 2 bridgehead atoms. The lowest BCUT2D eigenvalue weighted by atomic mass is 9.68. The van der Waals surface area contributed by atoms with Gasteiger partial charge < -0.3 is 20.1 Å². The lowest BCUT2D eigenvalue weighted by Gasteiger charge is -2.43. The van der Waals surface area contributed by atoms with Gasteiger partial charge in [-0.15, -0.1) is 11.8 Å². The van der Waals surface area contributed by atoms with Gasteiger partial charge in [-0.1, -0.05) is 39.4 Å².